The summed E-state index contributed by atoms with van der Waals surface area (Å²) in [6.45, 7) is 2.74. The third-order valence-corrected chi connectivity index (χ3v) is 7.90. The number of methoxy groups -OCH3 is 1. The first kappa shape index (κ1) is 21.4. The molecule has 0 radical (unpaired) electrons. The Bertz CT molecular complexity index is 1090. The van der Waals surface area contributed by atoms with Gasteiger partial charge in [-0.3, -0.25) is 0 Å². The van der Waals surface area contributed by atoms with E-state index in [0.29, 0.717) is 24.6 Å². The molecule has 2 bridgehead atoms. The van der Waals surface area contributed by atoms with E-state index in [1.807, 2.05) is 12.1 Å². The molecule has 0 spiro atoms. The zero-order valence-electron chi connectivity index (χ0n) is 18.3. The summed E-state index contributed by atoms with van der Waals surface area (Å²) >= 11 is 0. The van der Waals surface area contributed by atoms with Gasteiger partial charge in [-0.15, -0.1) is 12.4 Å². The van der Waals surface area contributed by atoms with Crippen LogP contribution in [-0.4, -0.2) is 41.7 Å². The number of benzene rings is 2. The third kappa shape index (κ3) is 3.01. The number of aromatic nitrogens is 1. The lowest BCUT2D eigenvalue weighted by Gasteiger charge is -2.42. The van der Waals surface area contributed by atoms with Crippen LogP contribution in [0.25, 0.3) is 0 Å². The summed E-state index contributed by atoms with van der Waals surface area (Å²) in [7, 11) is 1.62. The molecule has 1 N–H and O–H groups in total. The minimum atomic E-state index is -0.878. The van der Waals surface area contributed by atoms with E-state index >= 15 is 0 Å². The smallest absolute Gasteiger partial charge is 0.219 e. The lowest BCUT2D eigenvalue weighted by Crippen LogP contribution is -2.48. The molecule has 2 aliphatic carbocycles. The maximum atomic E-state index is 11.4. The molecular formula is C27H29ClN2O2. The Morgan fingerprint density at radius 1 is 0.938 bits per heavy atom. The summed E-state index contributed by atoms with van der Waals surface area (Å²) < 4.78 is 5.43. The molecule has 0 saturated carbocycles. The zero-order chi connectivity index (χ0) is 21.1. The molecule has 2 heterocycles. The molecule has 6 rings (SSSR count). The molecule has 0 atom stereocenters. The normalized spacial score (nSPS) is 25.0. The number of likely N-dealkylation sites (tertiary alicyclic amines) is 1. The molecule has 3 aromatic rings. The number of pyridine rings is 1. The van der Waals surface area contributed by atoms with Crippen molar-refractivity contribution >= 4 is 12.4 Å². The van der Waals surface area contributed by atoms with Gasteiger partial charge in [-0.1, -0.05) is 48.5 Å². The Morgan fingerprint density at radius 2 is 1.53 bits per heavy atom. The minimum absolute atomic E-state index is 0. The number of nitrogens with zero attached hydrogens (tertiary/aromatic N) is 2. The SMILES string of the molecule is COc1ncccc1C1(O)CCN(CC23CC(c4ccccc42)c2ccccc23)CC1.Cl. The molecule has 1 aromatic heterocycles. The number of hydrogen-bond donors (Lipinski definition) is 1. The number of halogens is 1. The van der Waals surface area contributed by atoms with Crippen molar-refractivity contribution in [3.63, 3.8) is 0 Å². The van der Waals surface area contributed by atoms with Gasteiger partial charge in [0.1, 0.15) is 0 Å². The van der Waals surface area contributed by atoms with Crippen LogP contribution >= 0.6 is 12.4 Å². The van der Waals surface area contributed by atoms with Gasteiger partial charge in [0, 0.05) is 42.7 Å². The molecule has 1 fully saturated rings. The molecule has 4 nitrogen and oxygen atoms in total. The Hall–Kier alpha value is -2.40. The number of ether oxygens (including phenoxy) is 1. The average molecular weight is 449 g/mol. The first-order valence-corrected chi connectivity index (χ1v) is 11.3. The van der Waals surface area contributed by atoms with E-state index in [1.165, 1.54) is 28.7 Å². The Kier molecular flexibility index (Phi) is 5.28. The molecule has 5 heteroatoms. The number of hydrogen-bond acceptors (Lipinski definition) is 4. The van der Waals surface area contributed by atoms with Crippen LogP contribution in [-0.2, 0) is 11.0 Å². The van der Waals surface area contributed by atoms with Crippen LogP contribution in [0.2, 0.25) is 0 Å². The molecule has 32 heavy (non-hydrogen) atoms. The van der Waals surface area contributed by atoms with Crippen molar-refractivity contribution in [2.45, 2.75) is 36.2 Å². The fourth-order valence-corrected chi connectivity index (χ4v) is 6.45. The van der Waals surface area contributed by atoms with E-state index in [1.54, 1.807) is 13.3 Å². The van der Waals surface area contributed by atoms with Gasteiger partial charge in [0.05, 0.1) is 12.7 Å². The van der Waals surface area contributed by atoms with Crippen LogP contribution in [0.3, 0.4) is 0 Å². The fraction of sp³-hybridized carbons (Fsp3) is 0.370. The molecule has 1 aliphatic heterocycles. The summed E-state index contributed by atoms with van der Waals surface area (Å²) in [6.07, 6.45) is 4.27. The van der Waals surface area contributed by atoms with Crippen LogP contribution in [0, 0.1) is 0 Å². The number of aliphatic hydroxyl groups is 1. The number of fused-ring (bicyclic) bond motifs is 8. The molecule has 3 aliphatic rings. The fourth-order valence-electron chi connectivity index (χ4n) is 6.45. The summed E-state index contributed by atoms with van der Waals surface area (Å²) in [4.78, 5) is 6.86. The van der Waals surface area contributed by atoms with Gasteiger partial charge in [-0.2, -0.15) is 0 Å². The van der Waals surface area contributed by atoms with Gasteiger partial charge in [0.25, 0.3) is 0 Å². The van der Waals surface area contributed by atoms with E-state index in [-0.39, 0.29) is 17.8 Å². The second-order valence-corrected chi connectivity index (χ2v) is 9.38. The Morgan fingerprint density at radius 3 is 2.16 bits per heavy atom. The van der Waals surface area contributed by atoms with Crippen molar-refractivity contribution in [2.24, 2.45) is 0 Å². The second-order valence-electron chi connectivity index (χ2n) is 9.38. The zero-order valence-corrected chi connectivity index (χ0v) is 19.1. The average Bonchev–Trinajstić information content (AvgIpc) is 3.33. The number of rotatable bonds is 4. The summed E-state index contributed by atoms with van der Waals surface area (Å²) in [5.74, 6) is 1.06. The van der Waals surface area contributed by atoms with E-state index in [0.717, 1.165) is 25.2 Å². The lowest BCUT2D eigenvalue weighted by molar-refractivity contribution is -0.0308. The molecule has 0 amide bonds. The predicted molar refractivity (Wildman–Crippen MR) is 128 cm³/mol. The summed E-state index contributed by atoms with van der Waals surface area (Å²) in [5.41, 5.74) is 6.04. The largest absolute Gasteiger partial charge is 0.481 e. The van der Waals surface area contributed by atoms with E-state index in [2.05, 4.69) is 58.4 Å². The van der Waals surface area contributed by atoms with Gasteiger partial charge in [-0.05, 0) is 53.6 Å². The molecule has 0 unspecified atom stereocenters. The van der Waals surface area contributed by atoms with E-state index in [4.69, 9.17) is 4.74 Å². The lowest BCUT2D eigenvalue weighted by atomic mass is 9.74. The van der Waals surface area contributed by atoms with Gasteiger partial charge in [0.2, 0.25) is 5.88 Å². The van der Waals surface area contributed by atoms with E-state index in [9.17, 15) is 5.11 Å². The van der Waals surface area contributed by atoms with Gasteiger partial charge in [0.15, 0.2) is 0 Å². The van der Waals surface area contributed by atoms with E-state index < -0.39 is 5.60 Å². The molecular weight excluding hydrogens is 420 g/mol. The van der Waals surface area contributed by atoms with Crippen molar-refractivity contribution in [1.29, 1.82) is 0 Å². The highest BCUT2D eigenvalue weighted by Crippen LogP contribution is 2.60. The maximum Gasteiger partial charge on any atom is 0.219 e. The van der Waals surface area contributed by atoms with Crippen molar-refractivity contribution in [1.82, 2.24) is 9.88 Å². The Balaban J connectivity index is 0.00000216. The van der Waals surface area contributed by atoms with Crippen LogP contribution < -0.4 is 4.74 Å². The molecule has 166 valence electrons. The Labute approximate surface area is 195 Å². The molecule has 1 saturated heterocycles. The number of piperidine rings is 1. The summed E-state index contributed by atoms with van der Waals surface area (Å²) in [5, 5.41) is 11.4. The van der Waals surface area contributed by atoms with Crippen molar-refractivity contribution < 1.29 is 9.84 Å². The van der Waals surface area contributed by atoms with Crippen LogP contribution in [0.5, 0.6) is 5.88 Å². The van der Waals surface area contributed by atoms with Gasteiger partial charge < -0.3 is 14.7 Å². The third-order valence-electron chi connectivity index (χ3n) is 7.90. The monoisotopic (exact) mass is 448 g/mol. The second kappa shape index (κ2) is 7.87. The predicted octanol–water partition coefficient (Wildman–Crippen LogP) is 4.63. The first-order valence-electron chi connectivity index (χ1n) is 11.3. The standard InChI is InChI=1S/C27H28N2O2.ClH/c1-31-25-24(11-6-14-28-25)27(30)12-15-29(16-13-27)18-26-17-21(19-7-2-4-9-22(19)26)20-8-3-5-10-23(20)26;/h2-11,14,21,30H,12-13,15-18H2,1H3;1H. The van der Waals surface area contributed by atoms with Crippen molar-refractivity contribution in [3.8, 4) is 5.88 Å². The van der Waals surface area contributed by atoms with Crippen molar-refractivity contribution in [2.75, 3.05) is 26.7 Å². The highest BCUT2D eigenvalue weighted by molar-refractivity contribution is 5.85. The van der Waals surface area contributed by atoms with Crippen molar-refractivity contribution in [3.05, 3.63) is 94.7 Å². The topological polar surface area (TPSA) is 45.6 Å². The highest BCUT2D eigenvalue weighted by atomic mass is 35.5. The van der Waals surface area contributed by atoms with Crippen LogP contribution in [0.1, 0.15) is 53.0 Å². The van der Waals surface area contributed by atoms with Gasteiger partial charge in [-0.25, -0.2) is 4.98 Å². The summed E-state index contributed by atoms with van der Waals surface area (Å²) in [6, 6.07) is 21.9. The first-order chi connectivity index (χ1) is 15.1. The molecule has 2 aromatic carbocycles. The maximum absolute atomic E-state index is 11.4. The highest BCUT2D eigenvalue weighted by Gasteiger charge is 2.53. The van der Waals surface area contributed by atoms with Crippen LogP contribution in [0.4, 0.5) is 0 Å². The quantitative estimate of drug-likeness (QED) is 0.632. The minimum Gasteiger partial charge on any atom is -0.481 e. The van der Waals surface area contributed by atoms with Gasteiger partial charge >= 0.3 is 0 Å². The van der Waals surface area contributed by atoms with Crippen LogP contribution in [0.15, 0.2) is 66.9 Å².